The molecule has 2 fully saturated rings. The average molecular weight is 392 g/mol. The summed E-state index contributed by atoms with van der Waals surface area (Å²) in [6.45, 7) is 4.40. The van der Waals surface area contributed by atoms with Crippen LogP contribution in [0.25, 0.3) is 0 Å². The zero-order valence-corrected chi connectivity index (χ0v) is 15.8. The molecule has 3 heterocycles. The smallest absolute Gasteiger partial charge is 0.229 e. The lowest BCUT2D eigenvalue weighted by atomic mass is 10.2. The maximum absolute atomic E-state index is 6.12. The summed E-state index contributed by atoms with van der Waals surface area (Å²) in [6, 6.07) is 6.09. The van der Waals surface area contributed by atoms with Crippen LogP contribution in [0.15, 0.2) is 24.4 Å². The van der Waals surface area contributed by atoms with Gasteiger partial charge in [-0.2, -0.15) is 4.98 Å². The van der Waals surface area contributed by atoms with Crippen molar-refractivity contribution >= 4 is 34.7 Å². The van der Waals surface area contributed by atoms with Gasteiger partial charge in [-0.05, 0) is 12.1 Å². The van der Waals surface area contributed by atoms with Gasteiger partial charge in [0.1, 0.15) is 22.7 Å². The molecule has 2 saturated heterocycles. The van der Waals surface area contributed by atoms with Crippen molar-refractivity contribution in [2.24, 2.45) is 0 Å². The average Bonchev–Trinajstić information content (AvgIpc) is 2.68. The number of nitrogens with one attached hydrogen (secondary N) is 2. The van der Waals surface area contributed by atoms with Gasteiger partial charge in [0.2, 0.25) is 5.95 Å². The van der Waals surface area contributed by atoms with Crippen LogP contribution in [-0.4, -0.2) is 62.6 Å². The van der Waals surface area contributed by atoms with Gasteiger partial charge in [-0.3, -0.25) is 0 Å². The molecule has 0 unspecified atom stereocenters. The number of hydrogen-bond donors (Lipinski definition) is 2. The van der Waals surface area contributed by atoms with Crippen molar-refractivity contribution in [1.82, 2.24) is 9.97 Å². The Bertz CT molecular complexity index is 797. The van der Waals surface area contributed by atoms with Crippen LogP contribution in [-0.2, 0) is 9.47 Å². The Morgan fingerprint density at radius 2 is 2.04 bits per heavy atom. The number of aromatic nitrogens is 2. The maximum Gasteiger partial charge on any atom is 0.229 e. The molecule has 4 rings (SSSR count). The van der Waals surface area contributed by atoms with Gasteiger partial charge < -0.3 is 29.7 Å². The highest BCUT2D eigenvalue weighted by molar-refractivity contribution is 6.32. The van der Waals surface area contributed by atoms with Gasteiger partial charge >= 0.3 is 0 Å². The van der Waals surface area contributed by atoms with Crippen LogP contribution in [0, 0.1) is 0 Å². The van der Waals surface area contributed by atoms with Gasteiger partial charge in [0.05, 0.1) is 38.3 Å². The van der Waals surface area contributed by atoms with Gasteiger partial charge in [0.25, 0.3) is 0 Å². The second-order valence-corrected chi connectivity index (χ2v) is 6.73. The molecule has 2 aliphatic heterocycles. The fraction of sp³-hybridized carbons (Fsp3) is 0.444. The number of hydrogen-bond acceptors (Lipinski definition) is 8. The molecule has 8 nitrogen and oxygen atoms in total. The van der Waals surface area contributed by atoms with Crippen LogP contribution in [0.1, 0.15) is 0 Å². The van der Waals surface area contributed by atoms with Crippen molar-refractivity contribution < 1.29 is 14.2 Å². The summed E-state index contributed by atoms with van der Waals surface area (Å²) in [5.41, 5.74) is 1.90. The Kier molecular flexibility index (Phi) is 5.47. The molecule has 0 spiro atoms. The second kappa shape index (κ2) is 8.16. The van der Waals surface area contributed by atoms with Gasteiger partial charge in [0.15, 0.2) is 0 Å². The third-order valence-electron chi connectivity index (χ3n) is 4.47. The topological polar surface area (TPSA) is 80.8 Å². The van der Waals surface area contributed by atoms with E-state index in [1.54, 1.807) is 13.2 Å². The van der Waals surface area contributed by atoms with E-state index in [4.69, 9.17) is 25.8 Å². The third kappa shape index (κ3) is 4.18. The molecule has 1 aromatic carbocycles. The molecule has 0 radical (unpaired) electrons. The van der Waals surface area contributed by atoms with E-state index < -0.39 is 0 Å². The molecule has 9 heteroatoms. The second-order valence-electron chi connectivity index (χ2n) is 6.32. The lowest BCUT2D eigenvalue weighted by molar-refractivity contribution is -0.0793. The Morgan fingerprint density at radius 1 is 1.22 bits per heavy atom. The van der Waals surface area contributed by atoms with E-state index in [1.165, 1.54) is 0 Å². The van der Waals surface area contributed by atoms with Gasteiger partial charge in [-0.25, -0.2) is 4.98 Å². The van der Waals surface area contributed by atoms with E-state index >= 15 is 0 Å². The zero-order chi connectivity index (χ0) is 18.6. The molecule has 0 aliphatic carbocycles. The van der Waals surface area contributed by atoms with Crippen molar-refractivity contribution in [3.63, 3.8) is 0 Å². The van der Waals surface area contributed by atoms with Crippen LogP contribution >= 0.6 is 11.6 Å². The van der Waals surface area contributed by atoms with Crippen LogP contribution in [0.3, 0.4) is 0 Å². The van der Waals surface area contributed by atoms with E-state index in [0.29, 0.717) is 30.0 Å². The molecule has 2 N–H and O–H groups in total. The van der Waals surface area contributed by atoms with Crippen molar-refractivity contribution in [3.05, 3.63) is 29.4 Å². The molecular formula is C18H22ClN5O3. The summed E-state index contributed by atoms with van der Waals surface area (Å²) in [5, 5.41) is 6.64. The van der Waals surface area contributed by atoms with E-state index in [1.807, 2.05) is 12.1 Å². The van der Waals surface area contributed by atoms with E-state index in [0.717, 1.165) is 43.4 Å². The largest absolute Gasteiger partial charge is 0.483 e. The zero-order valence-electron chi connectivity index (χ0n) is 15.1. The van der Waals surface area contributed by atoms with Gasteiger partial charge in [0, 0.05) is 31.9 Å². The highest BCUT2D eigenvalue weighted by Gasteiger charge is 2.23. The molecule has 2 aromatic rings. The SMILES string of the molecule is CNc1nc(Nc2ccc(N3CCOCC3)cc2OC2COC2)ncc1Cl. The lowest BCUT2D eigenvalue weighted by Gasteiger charge is -2.31. The highest BCUT2D eigenvalue weighted by Crippen LogP contribution is 2.34. The summed E-state index contributed by atoms with van der Waals surface area (Å²) in [6.07, 6.45) is 1.62. The Balaban J connectivity index is 1.59. The van der Waals surface area contributed by atoms with Gasteiger partial charge in [-0.15, -0.1) is 0 Å². The molecule has 2 aliphatic rings. The number of anilines is 4. The summed E-state index contributed by atoms with van der Waals surface area (Å²) < 4.78 is 16.8. The van der Waals surface area contributed by atoms with E-state index in [-0.39, 0.29) is 6.10 Å². The van der Waals surface area contributed by atoms with E-state index in [9.17, 15) is 0 Å². The fourth-order valence-corrected chi connectivity index (χ4v) is 3.10. The number of benzene rings is 1. The van der Waals surface area contributed by atoms with Crippen LogP contribution < -0.4 is 20.3 Å². The number of halogens is 1. The summed E-state index contributed by atoms with van der Waals surface area (Å²) in [4.78, 5) is 10.9. The first-order valence-corrected chi connectivity index (χ1v) is 9.29. The molecule has 0 saturated carbocycles. The Hall–Kier alpha value is -2.29. The minimum Gasteiger partial charge on any atom is -0.483 e. The van der Waals surface area contributed by atoms with Crippen LogP contribution in [0.4, 0.5) is 23.1 Å². The number of ether oxygens (including phenoxy) is 3. The summed E-state index contributed by atoms with van der Waals surface area (Å²) in [7, 11) is 1.76. The highest BCUT2D eigenvalue weighted by atomic mass is 35.5. The molecule has 0 bridgehead atoms. The summed E-state index contributed by atoms with van der Waals surface area (Å²) >= 11 is 6.06. The van der Waals surface area contributed by atoms with Crippen molar-refractivity contribution in [2.75, 3.05) is 62.1 Å². The van der Waals surface area contributed by atoms with Crippen molar-refractivity contribution in [2.45, 2.75) is 6.10 Å². The van der Waals surface area contributed by atoms with Crippen molar-refractivity contribution in [1.29, 1.82) is 0 Å². The first kappa shape index (κ1) is 18.1. The molecule has 144 valence electrons. The van der Waals surface area contributed by atoms with Crippen LogP contribution in [0.2, 0.25) is 5.02 Å². The predicted octanol–water partition coefficient (Wildman–Crippen LogP) is 2.53. The standard InChI is InChI=1S/C18H22ClN5O3/c1-20-17-14(19)9-21-18(23-17)22-15-3-2-12(24-4-6-25-7-5-24)8-16(15)27-13-10-26-11-13/h2-3,8-9,13H,4-7,10-11H2,1H3,(H2,20,21,22,23). The quantitative estimate of drug-likeness (QED) is 0.777. The molecular weight excluding hydrogens is 370 g/mol. The Morgan fingerprint density at radius 3 is 2.74 bits per heavy atom. The molecule has 0 amide bonds. The molecule has 0 atom stereocenters. The Labute approximate surface area is 162 Å². The molecule has 27 heavy (non-hydrogen) atoms. The van der Waals surface area contributed by atoms with Crippen molar-refractivity contribution in [3.8, 4) is 5.75 Å². The summed E-state index contributed by atoms with van der Waals surface area (Å²) in [5.74, 6) is 1.75. The number of nitrogens with zero attached hydrogens (tertiary/aromatic N) is 3. The van der Waals surface area contributed by atoms with Gasteiger partial charge in [-0.1, -0.05) is 11.6 Å². The number of rotatable bonds is 6. The first-order valence-electron chi connectivity index (χ1n) is 8.91. The minimum atomic E-state index is 0.0597. The number of morpholine rings is 1. The van der Waals surface area contributed by atoms with Crippen LogP contribution in [0.5, 0.6) is 5.75 Å². The predicted molar refractivity (Wildman–Crippen MR) is 105 cm³/mol. The third-order valence-corrected chi connectivity index (χ3v) is 4.75. The van der Waals surface area contributed by atoms with E-state index in [2.05, 4.69) is 31.6 Å². The lowest BCUT2D eigenvalue weighted by Crippen LogP contribution is -2.39. The first-order chi connectivity index (χ1) is 13.2. The maximum atomic E-state index is 6.12. The monoisotopic (exact) mass is 391 g/mol. The fourth-order valence-electron chi connectivity index (χ4n) is 2.91. The minimum absolute atomic E-state index is 0.0597. The normalized spacial score (nSPS) is 17.3. The molecule has 1 aromatic heterocycles.